The van der Waals surface area contributed by atoms with E-state index in [-0.39, 0.29) is 5.91 Å². The van der Waals surface area contributed by atoms with Gasteiger partial charge in [-0.2, -0.15) is 0 Å². The lowest BCUT2D eigenvalue weighted by atomic mass is 10.1. The fraction of sp³-hybridized carbons (Fsp3) is 0.368. The summed E-state index contributed by atoms with van der Waals surface area (Å²) in [4.78, 5) is 20.2. The number of aromatic nitrogens is 1. The third-order valence-corrected chi connectivity index (χ3v) is 4.67. The number of carbonyl (C=O) groups excluding carboxylic acids is 1. The number of nitrogens with zero attached hydrogens (tertiary/aromatic N) is 2. The predicted molar refractivity (Wildman–Crippen MR) is 98.3 cm³/mol. The third kappa shape index (κ3) is 4.39. The summed E-state index contributed by atoms with van der Waals surface area (Å²) in [6.45, 7) is 7.07. The quantitative estimate of drug-likeness (QED) is 0.638. The van der Waals surface area contributed by atoms with Gasteiger partial charge in [-0.3, -0.25) is 9.78 Å². The van der Waals surface area contributed by atoms with Crippen molar-refractivity contribution in [1.29, 1.82) is 0 Å². The lowest BCUT2D eigenvalue weighted by Crippen LogP contribution is -2.32. The van der Waals surface area contributed by atoms with Crippen LogP contribution in [0, 0.1) is 0 Å². The van der Waals surface area contributed by atoms with Crippen LogP contribution in [0.3, 0.4) is 0 Å². The number of thiazole rings is 1. The van der Waals surface area contributed by atoms with E-state index in [1.165, 1.54) is 0 Å². The van der Waals surface area contributed by atoms with Crippen LogP contribution < -0.4 is 9.47 Å². The third-order valence-electron chi connectivity index (χ3n) is 3.91. The highest BCUT2D eigenvalue weighted by Gasteiger charge is 2.33. The summed E-state index contributed by atoms with van der Waals surface area (Å²) >= 11 is 1.57. The smallest absolute Gasteiger partial charge is 0.254 e. The van der Waals surface area contributed by atoms with Crippen LogP contribution in [-0.4, -0.2) is 35.0 Å². The predicted octanol–water partition coefficient (Wildman–Crippen LogP) is 3.91. The maximum Gasteiger partial charge on any atom is 0.254 e. The van der Waals surface area contributed by atoms with Crippen molar-refractivity contribution in [2.75, 3.05) is 13.2 Å². The van der Waals surface area contributed by atoms with Crippen LogP contribution in [0.4, 0.5) is 0 Å². The van der Waals surface area contributed by atoms with Crippen LogP contribution >= 0.6 is 11.3 Å². The van der Waals surface area contributed by atoms with E-state index in [2.05, 4.69) is 11.6 Å². The number of hydrogen-bond donors (Lipinski definition) is 0. The van der Waals surface area contributed by atoms with Gasteiger partial charge in [0.05, 0.1) is 18.7 Å². The normalized spacial score (nSPS) is 13.3. The first-order chi connectivity index (χ1) is 12.2. The van der Waals surface area contributed by atoms with E-state index in [4.69, 9.17) is 9.47 Å². The summed E-state index contributed by atoms with van der Waals surface area (Å²) in [6.07, 6.45) is 5.62. The first kappa shape index (κ1) is 17.5. The molecule has 0 unspecified atom stereocenters. The van der Waals surface area contributed by atoms with Crippen LogP contribution in [0.5, 0.6) is 11.5 Å². The van der Waals surface area contributed by atoms with Crippen molar-refractivity contribution in [3.05, 3.63) is 53.0 Å². The topological polar surface area (TPSA) is 51.7 Å². The number of carbonyl (C=O) groups is 1. The molecule has 0 saturated heterocycles. The molecule has 1 aliphatic carbocycles. The fourth-order valence-electron chi connectivity index (χ4n) is 2.58. The Labute approximate surface area is 151 Å². The molecule has 5 nitrogen and oxygen atoms in total. The van der Waals surface area contributed by atoms with Crippen LogP contribution in [0.1, 0.15) is 35.0 Å². The summed E-state index contributed by atoms with van der Waals surface area (Å²) in [5, 5.41) is 0. The molecule has 3 rings (SSSR count). The molecule has 0 spiro atoms. The molecule has 0 atom stereocenters. The Kier molecular flexibility index (Phi) is 5.71. The second-order valence-electron chi connectivity index (χ2n) is 5.83. The van der Waals surface area contributed by atoms with Crippen molar-refractivity contribution < 1.29 is 14.3 Å². The molecule has 1 saturated carbocycles. The van der Waals surface area contributed by atoms with Crippen LogP contribution in [-0.2, 0) is 6.54 Å². The number of amides is 1. The van der Waals surface area contributed by atoms with E-state index in [1.54, 1.807) is 41.1 Å². The average Bonchev–Trinajstić information content (AvgIpc) is 3.34. The minimum atomic E-state index is 0.0205. The summed E-state index contributed by atoms with van der Waals surface area (Å²) < 4.78 is 11.3. The molecule has 0 N–H and O–H groups in total. The van der Waals surface area contributed by atoms with Crippen LogP contribution in [0.25, 0.3) is 0 Å². The van der Waals surface area contributed by atoms with Crippen molar-refractivity contribution >= 4 is 17.2 Å². The molecule has 1 aromatic heterocycles. The first-order valence-electron chi connectivity index (χ1n) is 8.41. The molecule has 1 aromatic carbocycles. The fourth-order valence-corrected chi connectivity index (χ4v) is 3.18. The minimum absolute atomic E-state index is 0.0205. The van der Waals surface area contributed by atoms with Crippen molar-refractivity contribution in [3.63, 3.8) is 0 Å². The Morgan fingerprint density at radius 2 is 2.24 bits per heavy atom. The molecule has 132 valence electrons. The Bertz CT molecular complexity index is 726. The van der Waals surface area contributed by atoms with E-state index in [0.717, 1.165) is 17.7 Å². The van der Waals surface area contributed by atoms with Gasteiger partial charge < -0.3 is 14.4 Å². The van der Waals surface area contributed by atoms with Gasteiger partial charge in [-0.1, -0.05) is 12.7 Å². The Balaban J connectivity index is 1.81. The van der Waals surface area contributed by atoms with E-state index in [9.17, 15) is 4.79 Å². The zero-order valence-electron chi connectivity index (χ0n) is 14.3. The maximum atomic E-state index is 13.0. The number of benzene rings is 1. The summed E-state index contributed by atoms with van der Waals surface area (Å²) in [5.74, 6) is 1.23. The SMILES string of the molecule is C=CCOc1ccc(C(=O)N(Cc2cncs2)C2CC2)cc1OCC. The highest BCUT2D eigenvalue weighted by Crippen LogP contribution is 2.33. The van der Waals surface area contributed by atoms with Gasteiger partial charge in [0.25, 0.3) is 5.91 Å². The van der Waals surface area contributed by atoms with Gasteiger partial charge in [-0.25, -0.2) is 0 Å². The number of ether oxygens (including phenoxy) is 2. The van der Waals surface area contributed by atoms with Gasteiger partial charge in [0.2, 0.25) is 0 Å². The van der Waals surface area contributed by atoms with Crippen molar-refractivity contribution in [3.8, 4) is 11.5 Å². The van der Waals surface area contributed by atoms with Gasteiger partial charge in [0.15, 0.2) is 11.5 Å². The van der Waals surface area contributed by atoms with Crippen molar-refractivity contribution in [2.45, 2.75) is 32.4 Å². The Hall–Kier alpha value is -2.34. The first-order valence-corrected chi connectivity index (χ1v) is 9.29. The van der Waals surface area contributed by atoms with Gasteiger partial charge >= 0.3 is 0 Å². The molecule has 25 heavy (non-hydrogen) atoms. The van der Waals surface area contributed by atoms with E-state index < -0.39 is 0 Å². The molecule has 2 aromatic rings. The van der Waals surface area contributed by atoms with Gasteiger partial charge in [-0.05, 0) is 38.0 Å². The molecule has 6 heteroatoms. The lowest BCUT2D eigenvalue weighted by Gasteiger charge is -2.22. The molecule has 0 radical (unpaired) electrons. The summed E-state index contributed by atoms with van der Waals surface area (Å²) in [7, 11) is 0. The Morgan fingerprint density at radius 1 is 1.40 bits per heavy atom. The molecule has 1 amide bonds. The lowest BCUT2D eigenvalue weighted by molar-refractivity contribution is 0.0731. The highest BCUT2D eigenvalue weighted by atomic mass is 32.1. The van der Waals surface area contributed by atoms with E-state index >= 15 is 0 Å². The van der Waals surface area contributed by atoms with Crippen molar-refractivity contribution in [1.82, 2.24) is 9.88 Å². The summed E-state index contributed by atoms with van der Waals surface area (Å²) in [6, 6.07) is 5.68. The Morgan fingerprint density at radius 3 is 2.88 bits per heavy atom. The second kappa shape index (κ2) is 8.16. The zero-order valence-corrected chi connectivity index (χ0v) is 15.1. The molecular formula is C19H22N2O3S. The highest BCUT2D eigenvalue weighted by molar-refractivity contribution is 7.09. The van der Waals surface area contributed by atoms with Crippen LogP contribution in [0.2, 0.25) is 0 Å². The molecular weight excluding hydrogens is 336 g/mol. The average molecular weight is 358 g/mol. The van der Waals surface area contributed by atoms with Gasteiger partial charge in [0, 0.05) is 22.7 Å². The molecule has 0 aliphatic heterocycles. The largest absolute Gasteiger partial charge is 0.490 e. The molecule has 0 bridgehead atoms. The standard InChI is InChI=1S/C19H22N2O3S/c1-3-9-24-17-8-5-14(10-18(17)23-4-2)19(22)21(15-6-7-15)12-16-11-20-13-25-16/h3,5,8,10-11,13,15H,1,4,6-7,9,12H2,2H3. The molecule has 1 heterocycles. The van der Waals surface area contributed by atoms with Gasteiger partial charge in [-0.15, -0.1) is 11.3 Å². The number of rotatable bonds is 9. The van der Waals surface area contributed by atoms with Crippen molar-refractivity contribution in [2.24, 2.45) is 0 Å². The zero-order chi connectivity index (χ0) is 17.6. The van der Waals surface area contributed by atoms with E-state index in [1.807, 2.05) is 18.0 Å². The summed E-state index contributed by atoms with van der Waals surface area (Å²) in [5.41, 5.74) is 2.41. The van der Waals surface area contributed by atoms with Crippen LogP contribution in [0.15, 0.2) is 42.6 Å². The minimum Gasteiger partial charge on any atom is -0.490 e. The molecule has 1 aliphatic rings. The number of hydrogen-bond acceptors (Lipinski definition) is 5. The second-order valence-corrected chi connectivity index (χ2v) is 6.80. The maximum absolute atomic E-state index is 13.0. The van der Waals surface area contributed by atoms with Gasteiger partial charge in [0.1, 0.15) is 6.61 Å². The molecule has 1 fully saturated rings. The van der Waals surface area contributed by atoms with E-state index in [0.29, 0.717) is 42.9 Å². The monoisotopic (exact) mass is 358 g/mol.